The van der Waals surface area contributed by atoms with E-state index in [0.29, 0.717) is 24.8 Å². The molecule has 162 valence electrons. The summed E-state index contributed by atoms with van der Waals surface area (Å²) >= 11 is 0. The summed E-state index contributed by atoms with van der Waals surface area (Å²) in [5.41, 5.74) is 2.13. The Balaban J connectivity index is 1.42. The van der Waals surface area contributed by atoms with Gasteiger partial charge in [-0.25, -0.2) is 8.78 Å². The summed E-state index contributed by atoms with van der Waals surface area (Å²) in [6.45, 7) is 3.13. The predicted octanol–water partition coefficient (Wildman–Crippen LogP) is 3.94. The number of halogens is 2. The number of nitrogens with zero attached hydrogens (tertiary/aromatic N) is 2. The minimum absolute atomic E-state index is 0.446. The van der Waals surface area contributed by atoms with Crippen LogP contribution in [-0.4, -0.2) is 50.6 Å². The van der Waals surface area contributed by atoms with Crippen molar-refractivity contribution in [2.24, 2.45) is 10.9 Å². The summed E-state index contributed by atoms with van der Waals surface area (Å²) in [4.78, 5) is 6.62. The molecule has 1 aliphatic rings. The second-order valence-electron chi connectivity index (χ2n) is 7.35. The third-order valence-electron chi connectivity index (χ3n) is 4.99. The topological polar surface area (TPSA) is 46.1 Å². The molecule has 0 spiro atoms. The van der Waals surface area contributed by atoms with Crippen molar-refractivity contribution < 1.29 is 18.3 Å². The second kappa shape index (κ2) is 11.5. The first-order chi connectivity index (χ1) is 14.6. The van der Waals surface area contributed by atoms with Crippen molar-refractivity contribution in [1.82, 2.24) is 10.2 Å². The summed E-state index contributed by atoms with van der Waals surface area (Å²) in [6, 6.07) is 17.4. The SMILES string of the molecule is CN=C(NCc1cccc(OCC(F)F)c1)N1CCC(COCc2ccccc2)C1. The maximum atomic E-state index is 12.3. The Morgan fingerprint density at radius 1 is 1.17 bits per heavy atom. The van der Waals surface area contributed by atoms with E-state index in [9.17, 15) is 8.78 Å². The standard InChI is InChI=1S/C23H29F2N3O2/c1-26-23(27-13-19-8-5-9-21(12-19)30-17-22(24)25)28-11-10-20(14-28)16-29-15-18-6-3-2-4-7-18/h2-9,12,20,22H,10-11,13-17H2,1H3,(H,26,27). The summed E-state index contributed by atoms with van der Waals surface area (Å²) in [5.74, 6) is 1.75. The molecule has 1 aliphatic heterocycles. The van der Waals surface area contributed by atoms with Gasteiger partial charge in [-0.2, -0.15) is 0 Å². The molecule has 0 radical (unpaired) electrons. The maximum Gasteiger partial charge on any atom is 0.272 e. The fourth-order valence-electron chi connectivity index (χ4n) is 3.50. The van der Waals surface area contributed by atoms with Gasteiger partial charge in [-0.05, 0) is 29.7 Å². The van der Waals surface area contributed by atoms with Gasteiger partial charge in [0.2, 0.25) is 0 Å². The largest absolute Gasteiger partial charge is 0.488 e. The van der Waals surface area contributed by atoms with Crippen LogP contribution in [0.3, 0.4) is 0 Å². The van der Waals surface area contributed by atoms with Crippen molar-refractivity contribution in [1.29, 1.82) is 0 Å². The molecule has 0 bridgehead atoms. The van der Waals surface area contributed by atoms with Gasteiger partial charge in [-0.1, -0.05) is 42.5 Å². The van der Waals surface area contributed by atoms with Crippen molar-refractivity contribution in [3.05, 3.63) is 65.7 Å². The van der Waals surface area contributed by atoms with Crippen LogP contribution in [0.1, 0.15) is 17.5 Å². The van der Waals surface area contributed by atoms with Crippen LogP contribution in [0.25, 0.3) is 0 Å². The van der Waals surface area contributed by atoms with Crippen LogP contribution in [0.5, 0.6) is 5.75 Å². The monoisotopic (exact) mass is 417 g/mol. The molecule has 30 heavy (non-hydrogen) atoms. The van der Waals surface area contributed by atoms with E-state index in [1.807, 2.05) is 24.3 Å². The van der Waals surface area contributed by atoms with Crippen LogP contribution in [0, 0.1) is 5.92 Å². The number of ether oxygens (including phenoxy) is 2. The fourth-order valence-corrected chi connectivity index (χ4v) is 3.50. The van der Waals surface area contributed by atoms with E-state index in [1.165, 1.54) is 5.56 Å². The smallest absolute Gasteiger partial charge is 0.272 e. The van der Waals surface area contributed by atoms with Gasteiger partial charge in [-0.3, -0.25) is 4.99 Å². The van der Waals surface area contributed by atoms with Gasteiger partial charge in [0.1, 0.15) is 12.4 Å². The molecule has 7 heteroatoms. The van der Waals surface area contributed by atoms with Crippen molar-refractivity contribution in [3.63, 3.8) is 0 Å². The second-order valence-corrected chi connectivity index (χ2v) is 7.35. The zero-order valence-corrected chi connectivity index (χ0v) is 17.3. The quantitative estimate of drug-likeness (QED) is 0.496. The van der Waals surface area contributed by atoms with Crippen LogP contribution < -0.4 is 10.1 Å². The van der Waals surface area contributed by atoms with Crippen LogP contribution in [0.2, 0.25) is 0 Å². The lowest BCUT2D eigenvalue weighted by Crippen LogP contribution is -2.39. The molecule has 0 amide bonds. The number of hydrogen-bond donors (Lipinski definition) is 1. The molecule has 2 aromatic carbocycles. The van der Waals surface area contributed by atoms with E-state index < -0.39 is 13.0 Å². The molecule has 3 rings (SSSR count). The summed E-state index contributed by atoms with van der Waals surface area (Å²) in [6.07, 6.45) is -1.42. The molecule has 2 aromatic rings. The van der Waals surface area contributed by atoms with E-state index >= 15 is 0 Å². The van der Waals surface area contributed by atoms with Crippen molar-refractivity contribution in [2.75, 3.05) is 33.4 Å². The number of benzene rings is 2. The van der Waals surface area contributed by atoms with E-state index in [4.69, 9.17) is 9.47 Å². The number of rotatable bonds is 9. The average Bonchev–Trinajstić information content (AvgIpc) is 3.22. The van der Waals surface area contributed by atoms with Crippen molar-refractivity contribution in [3.8, 4) is 5.75 Å². The van der Waals surface area contributed by atoms with Gasteiger partial charge in [0.15, 0.2) is 5.96 Å². The van der Waals surface area contributed by atoms with Gasteiger partial charge >= 0.3 is 0 Å². The first kappa shape index (κ1) is 22.0. The Bertz CT molecular complexity index is 802. The zero-order chi connectivity index (χ0) is 21.2. The average molecular weight is 418 g/mol. The fraction of sp³-hybridized carbons (Fsp3) is 0.435. The highest BCUT2D eigenvalue weighted by Crippen LogP contribution is 2.18. The lowest BCUT2D eigenvalue weighted by Gasteiger charge is -2.22. The molecule has 1 saturated heterocycles. The van der Waals surface area contributed by atoms with Crippen LogP contribution in [-0.2, 0) is 17.9 Å². The Labute approximate surface area is 176 Å². The lowest BCUT2D eigenvalue weighted by atomic mass is 10.1. The minimum Gasteiger partial charge on any atom is -0.488 e. The molecule has 5 nitrogen and oxygen atoms in total. The van der Waals surface area contributed by atoms with E-state index in [-0.39, 0.29) is 0 Å². The molecule has 1 fully saturated rings. The Kier molecular flexibility index (Phi) is 8.44. The predicted molar refractivity (Wildman–Crippen MR) is 114 cm³/mol. The number of nitrogens with one attached hydrogen (secondary N) is 1. The van der Waals surface area contributed by atoms with E-state index in [0.717, 1.165) is 37.6 Å². The number of guanidine groups is 1. The Morgan fingerprint density at radius 3 is 2.73 bits per heavy atom. The van der Waals surface area contributed by atoms with E-state index in [2.05, 4.69) is 27.3 Å². The molecule has 1 unspecified atom stereocenters. The Morgan fingerprint density at radius 2 is 1.97 bits per heavy atom. The molecule has 0 aliphatic carbocycles. The molecular formula is C23H29F2N3O2. The summed E-state index contributed by atoms with van der Waals surface area (Å²) in [7, 11) is 1.77. The molecule has 1 N–H and O–H groups in total. The third kappa shape index (κ3) is 6.99. The van der Waals surface area contributed by atoms with Gasteiger partial charge < -0.3 is 19.7 Å². The number of likely N-dealkylation sites (tertiary alicyclic amines) is 1. The molecule has 1 atom stereocenters. The number of aliphatic imine (C=N–C) groups is 1. The van der Waals surface area contributed by atoms with Crippen LogP contribution in [0.4, 0.5) is 8.78 Å². The summed E-state index contributed by atoms with van der Waals surface area (Å²) in [5, 5.41) is 3.35. The molecule has 1 heterocycles. The highest BCUT2D eigenvalue weighted by Gasteiger charge is 2.25. The van der Waals surface area contributed by atoms with Gasteiger partial charge in [0.25, 0.3) is 6.43 Å². The first-order valence-electron chi connectivity index (χ1n) is 10.2. The van der Waals surface area contributed by atoms with Crippen molar-refractivity contribution in [2.45, 2.75) is 26.0 Å². The highest BCUT2D eigenvalue weighted by molar-refractivity contribution is 5.80. The molecule has 0 aromatic heterocycles. The van der Waals surface area contributed by atoms with Crippen molar-refractivity contribution >= 4 is 5.96 Å². The Hall–Kier alpha value is -2.67. The number of alkyl halides is 2. The first-order valence-corrected chi connectivity index (χ1v) is 10.2. The highest BCUT2D eigenvalue weighted by atomic mass is 19.3. The van der Waals surface area contributed by atoms with Gasteiger partial charge in [0, 0.05) is 32.6 Å². The zero-order valence-electron chi connectivity index (χ0n) is 17.3. The number of hydrogen-bond acceptors (Lipinski definition) is 3. The van der Waals surface area contributed by atoms with Gasteiger partial charge in [0.05, 0.1) is 13.2 Å². The maximum absolute atomic E-state index is 12.3. The summed E-state index contributed by atoms with van der Waals surface area (Å²) < 4.78 is 35.6. The molecular weight excluding hydrogens is 388 g/mol. The minimum atomic E-state index is -2.48. The third-order valence-corrected chi connectivity index (χ3v) is 4.99. The van der Waals surface area contributed by atoms with E-state index in [1.54, 1.807) is 25.2 Å². The van der Waals surface area contributed by atoms with Gasteiger partial charge in [-0.15, -0.1) is 0 Å². The normalized spacial score (nSPS) is 16.9. The van der Waals surface area contributed by atoms with Crippen LogP contribution in [0.15, 0.2) is 59.6 Å². The molecule has 0 saturated carbocycles. The van der Waals surface area contributed by atoms with Crippen LogP contribution >= 0.6 is 0 Å². The lowest BCUT2D eigenvalue weighted by molar-refractivity contribution is 0.0818.